The van der Waals surface area contributed by atoms with Gasteiger partial charge in [-0.3, -0.25) is 14.5 Å². The summed E-state index contributed by atoms with van der Waals surface area (Å²) in [5.41, 5.74) is -0.199. The fourth-order valence-corrected chi connectivity index (χ4v) is 2.21. The number of ether oxygens (including phenoxy) is 1. The summed E-state index contributed by atoms with van der Waals surface area (Å²) < 4.78 is 5.52. The average Bonchev–Trinajstić information content (AvgIpc) is 2.28. The van der Waals surface area contributed by atoms with Crippen molar-refractivity contribution >= 4 is 11.9 Å². The Labute approximate surface area is 120 Å². The molecule has 0 spiro atoms. The van der Waals surface area contributed by atoms with Crippen LogP contribution < -0.4 is 5.32 Å². The van der Waals surface area contributed by atoms with Gasteiger partial charge in [-0.05, 0) is 33.6 Å². The van der Waals surface area contributed by atoms with Crippen LogP contribution in [0.5, 0.6) is 0 Å². The number of hydrogen-bond acceptors (Lipinski definition) is 4. The molecule has 1 saturated heterocycles. The largest absolute Gasteiger partial charge is 0.481 e. The van der Waals surface area contributed by atoms with Crippen LogP contribution in [0.15, 0.2) is 0 Å². The van der Waals surface area contributed by atoms with Crippen LogP contribution in [0.2, 0.25) is 0 Å². The maximum atomic E-state index is 11.8. The minimum Gasteiger partial charge on any atom is -0.481 e. The van der Waals surface area contributed by atoms with Crippen molar-refractivity contribution in [3.63, 3.8) is 0 Å². The van der Waals surface area contributed by atoms with E-state index in [1.807, 2.05) is 20.8 Å². The van der Waals surface area contributed by atoms with Crippen molar-refractivity contribution in [3.05, 3.63) is 0 Å². The summed E-state index contributed by atoms with van der Waals surface area (Å²) in [6, 6.07) is 0. The highest BCUT2D eigenvalue weighted by atomic mass is 16.5. The summed E-state index contributed by atoms with van der Waals surface area (Å²) >= 11 is 0. The first-order valence-corrected chi connectivity index (χ1v) is 7.13. The van der Waals surface area contributed by atoms with Crippen molar-refractivity contribution in [2.75, 3.05) is 26.2 Å². The molecule has 0 aromatic rings. The van der Waals surface area contributed by atoms with Gasteiger partial charge in [0.25, 0.3) is 0 Å². The zero-order valence-electron chi connectivity index (χ0n) is 12.6. The van der Waals surface area contributed by atoms with Crippen LogP contribution in [-0.2, 0) is 14.3 Å². The van der Waals surface area contributed by atoms with Gasteiger partial charge in [0.05, 0.1) is 25.7 Å². The Morgan fingerprint density at radius 3 is 2.40 bits per heavy atom. The van der Waals surface area contributed by atoms with Gasteiger partial charge in [0.2, 0.25) is 5.91 Å². The van der Waals surface area contributed by atoms with E-state index in [4.69, 9.17) is 9.84 Å². The molecule has 0 atom stereocenters. The number of aliphatic carboxylic acids is 1. The second kappa shape index (κ2) is 7.59. The Morgan fingerprint density at radius 1 is 1.30 bits per heavy atom. The number of nitrogens with one attached hydrogen (secondary N) is 1. The molecule has 0 aromatic carbocycles. The minimum absolute atomic E-state index is 0.0442. The SMILES string of the molecule is CC(C)(C)NC(=O)CN1CCC(OCCC(=O)O)CC1. The lowest BCUT2D eigenvalue weighted by molar-refractivity contribution is -0.139. The molecular weight excluding hydrogens is 260 g/mol. The monoisotopic (exact) mass is 286 g/mol. The molecule has 1 heterocycles. The number of amides is 1. The van der Waals surface area contributed by atoms with Gasteiger partial charge >= 0.3 is 5.97 Å². The van der Waals surface area contributed by atoms with Crippen LogP contribution in [0.1, 0.15) is 40.0 Å². The summed E-state index contributed by atoms with van der Waals surface area (Å²) in [6.07, 6.45) is 1.87. The summed E-state index contributed by atoms with van der Waals surface area (Å²) in [5.74, 6) is -0.788. The van der Waals surface area contributed by atoms with Crippen LogP contribution in [0.3, 0.4) is 0 Å². The molecule has 1 aliphatic rings. The van der Waals surface area contributed by atoms with Gasteiger partial charge in [-0.15, -0.1) is 0 Å². The average molecular weight is 286 g/mol. The molecule has 1 amide bonds. The van der Waals surface area contributed by atoms with Crippen molar-refractivity contribution in [3.8, 4) is 0 Å². The highest BCUT2D eigenvalue weighted by Gasteiger charge is 2.22. The Hall–Kier alpha value is -1.14. The number of carbonyl (C=O) groups excluding carboxylic acids is 1. The topological polar surface area (TPSA) is 78.9 Å². The third-order valence-corrected chi connectivity index (χ3v) is 3.09. The number of piperidine rings is 1. The zero-order valence-corrected chi connectivity index (χ0v) is 12.6. The second-order valence-corrected chi connectivity index (χ2v) is 6.29. The molecule has 20 heavy (non-hydrogen) atoms. The molecule has 6 heteroatoms. The lowest BCUT2D eigenvalue weighted by Gasteiger charge is -2.32. The van der Waals surface area contributed by atoms with Gasteiger partial charge in [0.1, 0.15) is 0 Å². The molecule has 116 valence electrons. The number of carboxylic acids is 1. The molecule has 1 aliphatic heterocycles. The number of hydrogen-bond donors (Lipinski definition) is 2. The second-order valence-electron chi connectivity index (χ2n) is 6.29. The van der Waals surface area contributed by atoms with Crippen LogP contribution >= 0.6 is 0 Å². The number of rotatable bonds is 6. The zero-order chi connectivity index (χ0) is 15.2. The number of carbonyl (C=O) groups is 2. The predicted octanol–water partition coefficient (Wildman–Crippen LogP) is 0.857. The quantitative estimate of drug-likeness (QED) is 0.757. The summed E-state index contributed by atoms with van der Waals surface area (Å²) in [7, 11) is 0. The number of nitrogens with zero attached hydrogens (tertiary/aromatic N) is 1. The van der Waals surface area contributed by atoms with E-state index in [2.05, 4.69) is 10.2 Å². The molecule has 0 radical (unpaired) electrons. The summed E-state index contributed by atoms with van der Waals surface area (Å²) in [5, 5.41) is 11.5. The lowest BCUT2D eigenvalue weighted by Crippen LogP contribution is -2.48. The van der Waals surface area contributed by atoms with E-state index in [1.165, 1.54) is 0 Å². The van der Waals surface area contributed by atoms with Gasteiger partial charge in [0, 0.05) is 18.6 Å². The Balaban J connectivity index is 2.18. The van der Waals surface area contributed by atoms with Crippen molar-refractivity contribution in [2.45, 2.75) is 51.7 Å². The first-order chi connectivity index (χ1) is 9.26. The normalized spacial score (nSPS) is 17.9. The summed E-state index contributed by atoms with van der Waals surface area (Å²) in [6.45, 7) is 8.21. The Bertz CT molecular complexity index is 331. The van der Waals surface area contributed by atoms with Crippen LogP contribution in [0, 0.1) is 0 Å². The van der Waals surface area contributed by atoms with E-state index < -0.39 is 5.97 Å². The molecule has 0 unspecified atom stereocenters. The molecule has 0 bridgehead atoms. The van der Waals surface area contributed by atoms with Crippen LogP contribution in [0.4, 0.5) is 0 Å². The third-order valence-electron chi connectivity index (χ3n) is 3.09. The van der Waals surface area contributed by atoms with Crippen molar-refractivity contribution < 1.29 is 19.4 Å². The van der Waals surface area contributed by atoms with Gasteiger partial charge in [-0.2, -0.15) is 0 Å². The van der Waals surface area contributed by atoms with Gasteiger partial charge in [-0.25, -0.2) is 0 Å². The predicted molar refractivity (Wildman–Crippen MR) is 75.6 cm³/mol. The fraction of sp³-hybridized carbons (Fsp3) is 0.857. The molecule has 2 N–H and O–H groups in total. The number of likely N-dealkylation sites (tertiary alicyclic amines) is 1. The van der Waals surface area contributed by atoms with Crippen LogP contribution in [-0.4, -0.2) is 59.8 Å². The van der Waals surface area contributed by atoms with E-state index in [0.717, 1.165) is 25.9 Å². The molecule has 6 nitrogen and oxygen atoms in total. The lowest BCUT2D eigenvalue weighted by atomic mass is 10.1. The van der Waals surface area contributed by atoms with E-state index in [9.17, 15) is 9.59 Å². The summed E-state index contributed by atoms with van der Waals surface area (Å²) in [4.78, 5) is 24.3. The van der Waals surface area contributed by atoms with Crippen LogP contribution in [0.25, 0.3) is 0 Å². The molecular formula is C14H26N2O4. The van der Waals surface area contributed by atoms with E-state index in [1.54, 1.807) is 0 Å². The maximum absolute atomic E-state index is 11.8. The highest BCUT2D eigenvalue weighted by Crippen LogP contribution is 2.13. The first kappa shape index (κ1) is 16.9. The molecule has 0 aliphatic carbocycles. The van der Waals surface area contributed by atoms with Gasteiger partial charge in [-0.1, -0.05) is 0 Å². The maximum Gasteiger partial charge on any atom is 0.305 e. The highest BCUT2D eigenvalue weighted by molar-refractivity contribution is 5.78. The molecule has 0 saturated carbocycles. The minimum atomic E-state index is -0.832. The van der Waals surface area contributed by atoms with Gasteiger partial charge < -0.3 is 15.2 Å². The third kappa shape index (κ3) is 7.45. The van der Waals surface area contributed by atoms with E-state index in [-0.39, 0.29) is 30.6 Å². The standard InChI is InChI=1S/C14H26N2O4/c1-14(2,3)15-12(17)10-16-7-4-11(5-8-16)20-9-6-13(18)19/h11H,4-10H2,1-3H3,(H,15,17)(H,18,19). The first-order valence-electron chi connectivity index (χ1n) is 7.13. The molecule has 0 aromatic heterocycles. The van der Waals surface area contributed by atoms with Crippen molar-refractivity contribution in [2.24, 2.45) is 0 Å². The molecule has 1 fully saturated rings. The van der Waals surface area contributed by atoms with E-state index >= 15 is 0 Å². The van der Waals surface area contributed by atoms with E-state index in [0.29, 0.717) is 6.54 Å². The van der Waals surface area contributed by atoms with Crippen molar-refractivity contribution in [1.82, 2.24) is 10.2 Å². The number of carboxylic acid groups (broad SMARTS) is 1. The molecule has 1 rings (SSSR count). The Kier molecular flexibility index (Phi) is 6.42. The van der Waals surface area contributed by atoms with Crippen molar-refractivity contribution in [1.29, 1.82) is 0 Å². The smallest absolute Gasteiger partial charge is 0.305 e. The van der Waals surface area contributed by atoms with Gasteiger partial charge in [0.15, 0.2) is 0 Å². The Morgan fingerprint density at radius 2 is 1.90 bits per heavy atom. The fourth-order valence-electron chi connectivity index (χ4n) is 2.21.